The molecule has 4 aliphatic rings. The predicted octanol–water partition coefficient (Wildman–Crippen LogP) is 5.42. The number of rotatable bonds is 4. The summed E-state index contributed by atoms with van der Waals surface area (Å²) in [6.45, 7) is 2.62. The number of carbonyl (C=O) groups is 2. The zero-order valence-electron chi connectivity index (χ0n) is 18.2. The van der Waals surface area contributed by atoms with E-state index < -0.39 is 0 Å². The Labute approximate surface area is 179 Å². The first-order valence-corrected chi connectivity index (χ1v) is 11.6. The molecule has 0 aliphatic heterocycles. The van der Waals surface area contributed by atoms with E-state index in [0.29, 0.717) is 24.2 Å². The molecule has 2 saturated carbocycles. The highest BCUT2D eigenvalue weighted by Gasteiger charge is 2.58. The molecule has 5 atom stereocenters. The van der Waals surface area contributed by atoms with Gasteiger partial charge in [-0.2, -0.15) is 0 Å². The molecule has 0 N–H and O–H groups in total. The van der Waals surface area contributed by atoms with Gasteiger partial charge in [0.05, 0.1) is 0 Å². The lowest BCUT2D eigenvalue weighted by Crippen LogP contribution is -2.45. The second-order valence-electron chi connectivity index (χ2n) is 10.0. The van der Waals surface area contributed by atoms with Crippen LogP contribution in [0, 0.1) is 23.2 Å². The van der Waals surface area contributed by atoms with Gasteiger partial charge < -0.3 is 4.74 Å². The quantitative estimate of drug-likeness (QED) is 0.673. The maximum Gasteiger partial charge on any atom is 0.162 e. The summed E-state index contributed by atoms with van der Waals surface area (Å²) in [6.07, 6.45) is 8.76. The zero-order chi connectivity index (χ0) is 20.9. The van der Waals surface area contributed by atoms with Gasteiger partial charge in [-0.15, -0.1) is 0 Å². The average Bonchev–Trinajstić information content (AvgIpc) is 3.10. The van der Waals surface area contributed by atoms with E-state index in [1.165, 1.54) is 16.7 Å². The molecule has 0 aromatic heterocycles. The van der Waals surface area contributed by atoms with Crippen LogP contribution in [0.3, 0.4) is 0 Å². The van der Waals surface area contributed by atoms with Gasteiger partial charge in [-0.1, -0.05) is 42.8 Å². The van der Waals surface area contributed by atoms with Crippen molar-refractivity contribution in [1.82, 2.24) is 0 Å². The minimum absolute atomic E-state index is 0.0244. The fraction of sp³-hybridized carbons (Fsp3) is 0.556. The van der Waals surface area contributed by atoms with Gasteiger partial charge in [0.15, 0.2) is 11.6 Å². The number of ether oxygens (including phenoxy) is 1. The third kappa shape index (κ3) is 3.05. The average molecular weight is 405 g/mol. The third-order valence-corrected chi connectivity index (χ3v) is 8.61. The van der Waals surface area contributed by atoms with Crippen molar-refractivity contribution >= 4 is 11.6 Å². The van der Waals surface area contributed by atoms with E-state index in [1.807, 2.05) is 6.08 Å². The van der Waals surface area contributed by atoms with Crippen molar-refractivity contribution in [2.45, 2.75) is 57.8 Å². The minimum Gasteiger partial charge on any atom is -0.377 e. The van der Waals surface area contributed by atoms with Crippen molar-refractivity contribution in [2.24, 2.45) is 23.2 Å². The van der Waals surface area contributed by atoms with E-state index in [9.17, 15) is 9.59 Å². The highest BCUT2D eigenvalue weighted by atomic mass is 16.5. The molecule has 1 aromatic carbocycles. The molecule has 0 bridgehead atoms. The molecule has 0 amide bonds. The van der Waals surface area contributed by atoms with Gasteiger partial charge in [0.25, 0.3) is 0 Å². The monoisotopic (exact) mass is 404 g/mol. The molecule has 0 spiro atoms. The highest BCUT2D eigenvalue weighted by molar-refractivity contribution is 5.93. The number of hydrogen-bond acceptors (Lipinski definition) is 3. The number of benzene rings is 1. The fourth-order valence-electron chi connectivity index (χ4n) is 7.41. The van der Waals surface area contributed by atoms with Crippen molar-refractivity contribution in [3.63, 3.8) is 0 Å². The van der Waals surface area contributed by atoms with Crippen LogP contribution in [0.15, 0.2) is 53.1 Å². The summed E-state index contributed by atoms with van der Waals surface area (Å²) in [6, 6.07) is 10.9. The zero-order valence-corrected chi connectivity index (χ0v) is 18.2. The van der Waals surface area contributed by atoms with E-state index in [0.717, 1.165) is 38.5 Å². The lowest BCUT2D eigenvalue weighted by atomic mass is 9.51. The first-order chi connectivity index (χ1) is 14.5. The normalized spacial score (nSPS) is 35.4. The maximum atomic E-state index is 13.0. The van der Waals surface area contributed by atoms with Crippen LogP contribution >= 0.6 is 0 Å². The Morgan fingerprint density at radius 1 is 1.10 bits per heavy atom. The topological polar surface area (TPSA) is 43.4 Å². The Morgan fingerprint density at radius 2 is 1.90 bits per heavy atom. The van der Waals surface area contributed by atoms with Crippen molar-refractivity contribution in [1.29, 1.82) is 0 Å². The molecule has 2 fully saturated rings. The number of hydrogen-bond donors (Lipinski definition) is 0. The molecule has 1 aromatic rings. The lowest BCUT2D eigenvalue weighted by Gasteiger charge is -2.52. The minimum atomic E-state index is 0.0244. The maximum absolute atomic E-state index is 13.0. The number of ketones is 2. The second kappa shape index (κ2) is 7.60. The molecule has 3 heteroatoms. The van der Waals surface area contributed by atoms with Crippen LogP contribution < -0.4 is 0 Å². The van der Waals surface area contributed by atoms with Crippen LogP contribution in [0.1, 0.15) is 63.4 Å². The summed E-state index contributed by atoms with van der Waals surface area (Å²) in [5.74, 6) is 2.12. The van der Waals surface area contributed by atoms with Crippen molar-refractivity contribution < 1.29 is 14.3 Å². The number of allylic oxidation sites excluding steroid dienone is 4. The molecule has 30 heavy (non-hydrogen) atoms. The van der Waals surface area contributed by atoms with Gasteiger partial charge >= 0.3 is 0 Å². The Morgan fingerprint density at radius 3 is 2.67 bits per heavy atom. The van der Waals surface area contributed by atoms with E-state index in [4.69, 9.17) is 4.74 Å². The largest absolute Gasteiger partial charge is 0.377 e. The Hall–Kier alpha value is -2.00. The fourth-order valence-corrected chi connectivity index (χ4v) is 7.41. The van der Waals surface area contributed by atoms with E-state index in [2.05, 4.69) is 37.3 Å². The number of methoxy groups -OCH3 is 1. The number of fused-ring (bicyclic) bond motifs is 4. The molecule has 158 valence electrons. The van der Waals surface area contributed by atoms with Crippen LogP contribution in [0.5, 0.6) is 0 Å². The summed E-state index contributed by atoms with van der Waals surface area (Å²) < 4.78 is 5.24. The van der Waals surface area contributed by atoms with Crippen molar-refractivity contribution in [2.75, 3.05) is 13.7 Å². The first-order valence-electron chi connectivity index (χ1n) is 11.6. The molecule has 0 saturated heterocycles. The summed E-state index contributed by atoms with van der Waals surface area (Å²) in [5, 5.41) is 0. The van der Waals surface area contributed by atoms with Gasteiger partial charge in [0.1, 0.15) is 6.61 Å². The molecule has 3 nitrogen and oxygen atoms in total. The van der Waals surface area contributed by atoms with Gasteiger partial charge in [-0.05, 0) is 78.6 Å². The molecular formula is C27H32O3. The van der Waals surface area contributed by atoms with Gasteiger partial charge in [0.2, 0.25) is 0 Å². The van der Waals surface area contributed by atoms with Crippen molar-refractivity contribution in [3.8, 4) is 0 Å². The smallest absolute Gasteiger partial charge is 0.162 e. The highest BCUT2D eigenvalue weighted by Crippen LogP contribution is 2.65. The van der Waals surface area contributed by atoms with Gasteiger partial charge in [-0.25, -0.2) is 0 Å². The Bertz CT molecular complexity index is 925. The number of carbonyl (C=O) groups excluding carboxylic acids is 2. The van der Waals surface area contributed by atoms with Crippen LogP contribution in [0.25, 0.3) is 0 Å². The molecule has 4 aliphatic carbocycles. The van der Waals surface area contributed by atoms with Crippen LogP contribution in [0.4, 0.5) is 0 Å². The van der Waals surface area contributed by atoms with E-state index in [1.54, 1.807) is 12.7 Å². The van der Waals surface area contributed by atoms with Crippen LogP contribution in [0.2, 0.25) is 0 Å². The first kappa shape index (κ1) is 19.9. The van der Waals surface area contributed by atoms with E-state index >= 15 is 0 Å². The van der Waals surface area contributed by atoms with Crippen LogP contribution in [-0.4, -0.2) is 25.3 Å². The SMILES string of the molecule is COCC(=O)[C@H]1CC[C@H]2[C@@H]3CCC4=CC(=O)CCC4=C3[C@@H](c3ccccc3)C[C@]12C. The van der Waals surface area contributed by atoms with Gasteiger partial charge in [-0.3, -0.25) is 9.59 Å². The molecule has 0 unspecified atom stereocenters. The molecule has 5 rings (SSSR count). The summed E-state index contributed by atoms with van der Waals surface area (Å²) in [7, 11) is 1.63. The number of Topliss-reactive ketones (excluding diaryl/α,β-unsaturated/α-hetero) is 1. The molecule has 0 heterocycles. The summed E-state index contributed by atoms with van der Waals surface area (Å²) >= 11 is 0. The third-order valence-electron chi connectivity index (χ3n) is 8.61. The summed E-state index contributed by atoms with van der Waals surface area (Å²) in [4.78, 5) is 25.1. The van der Waals surface area contributed by atoms with E-state index in [-0.39, 0.29) is 29.5 Å². The Kier molecular flexibility index (Phi) is 5.05. The van der Waals surface area contributed by atoms with Crippen LogP contribution in [-0.2, 0) is 14.3 Å². The molecule has 0 radical (unpaired) electrons. The molecular weight excluding hydrogens is 372 g/mol. The van der Waals surface area contributed by atoms with Crippen molar-refractivity contribution in [3.05, 3.63) is 58.7 Å². The second-order valence-corrected chi connectivity index (χ2v) is 10.0. The van der Waals surface area contributed by atoms with Gasteiger partial charge in [0, 0.05) is 25.4 Å². The standard InChI is InChI=1S/C27H32O3/c1-27-15-22(17-6-4-3-5-7-17)26-20-11-9-19(28)14-18(20)8-10-21(26)23(27)12-13-24(27)25(29)16-30-2/h3-7,14,21-24H,8-13,15-16H2,1-2H3/t21-,22+,23-,24+,27-/m0/s1. The predicted molar refractivity (Wildman–Crippen MR) is 117 cm³/mol. The summed E-state index contributed by atoms with van der Waals surface area (Å²) in [5.41, 5.74) is 5.78. The Balaban J connectivity index is 1.63. The lowest BCUT2D eigenvalue weighted by molar-refractivity contribution is -0.131.